The van der Waals surface area contributed by atoms with Gasteiger partial charge in [0, 0.05) is 35.5 Å². The summed E-state index contributed by atoms with van der Waals surface area (Å²) in [5, 5.41) is 6.65. The molecule has 0 atom stereocenters. The van der Waals surface area contributed by atoms with Crippen LogP contribution < -0.4 is 26.5 Å². The molecule has 0 aliphatic carbocycles. The van der Waals surface area contributed by atoms with Gasteiger partial charge in [-0.15, -0.1) is 0 Å². The van der Waals surface area contributed by atoms with E-state index in [-0.39, 0.29) is 0 Å². The maximum Gasteiger partial charge on any atom is 0.0709 e. The monoisotopic (exact) mass is 578 g/mol. The standard InChI is InChI=1S/C38H32N2P2/c1-5-18-33(19-6-1)41(34-20-7-2-8-21-34)30-32-17-15-16-31(40-32)28-29-39-37-26-13-14-27-38(37)42(35-22-9-3-10-23-35)36-24-11-4-12-25-36/h1-27,29H,28,30H2. The highest BCUT2D eigenvalue weighted by atomic mass is 31.1. The molecule has 0 amide bonds. The minimum atomic E-state index is -0.724. The van der Waals surface area contributed by atoms with Gasteiger partial charge in [-0.2, -0.15) is 0 Å². The molecule has 0 saturated carbocycles. The molecule has 204 valence electrons. The first kappa shape index (κ1) is 27.9. The molecule has 0 bridgehead atoms. The number of aromatic nitrogens is 1. The smallest absolute Gasteiger partial charge is 0.0709 e. The fraction of sp³-hybridized carbons (Fsp3) is 0.0526. The Morgan fingerprint density at radius 1 is 0.476 bits per heavy atom. The Kier molecular flexibility index (Phi) is 9.38. The summed E-state index contributed by atoms with van der Waals surface area (Å²) < 4.78 is 0. The van der Waals surface area contributed by atoms with Gasteiger partial charge in [0.2, 0.25) is 0 Å². The van der Waals surface area contributed by atoms with Gasteiger partial charge < -0.3 is 0 Å². The van der Waals surface area contributed by atoms with Gasteiger partial charge in [-0.05, 0) is 55.3 Å². The largest absolute Gasteiger partial charge is 0.260 e. The van der Waals surface area contributed by atoms with Crippen LogP contribution in [-0.4, -0.2) is 11.2 Å². The van der Waals surface area contributed by atoms with E-state index in [4.69, 9.17) is 9.98 Å². The van der Waals surface area contributed by atoms with Crippen molar-refractivity contribution in [1.29, 1.82) is 0 Å². The molecule has 0 saturated heterocycles. The second-order valence-corrected chi connectivity index (χ2v) is 14.3. The Balaban J connectivity index is 1.24. The molecule has 0 unspecified atom stereocenters. The van der Waals surface area contributed by atoms with Crippen molar-refractivity contribution in [3.05, 3.63) is 175 Å². The molecule has 42 heavy (non-hydrogen) atoms. The van der Waals surface area contributed by atoms with Crippen molar-refractivity contribution < 1.29 is 0 Å². The van der Waals surface area contributed by atoms with Crippen molar-refractivity contribution in [1.82, 2.24) is 4.98 Å². The number of pyridine rings is 1. The first-order chi connectivity index (χ1) is 20.8. The van der Waals surface area contributed by atoms with Crippen LogP contribution in [0.5, 0.6) is 0 Å². The van der Waals surface area contributed by atoms with E-state index in [1.165, 1.54) is 26.5 Å². The van der Waals surface area contributed by atoms with Crippen molar-refractivity contribution in [3.8, 4) is 0 Å². The van der Waals surface area contributed by atoms with Crippen LogP contribution in [0.15, 0.2) is 169 Å². The van der Waals surface area contributed by atoms with E-state index in [1.54, 1.807) is 0 Å². The second-order valence-electron chi connectivity index (χ2n) is 9.89. The number of para-hydroxylation sites is 1. The minimum absolute atomic E-state index is 0.539. The van der Waals surface area contributed by atoms with Crippen LogP contribution in [0, 0.1) is 0 Å². The SMILES string of the molecule is C(Cc1cccc(CP(c2ccccc2)c2ccccc2)n1)=Nc1ccccc1P(c1ccccc1)c1ccccc1. The normalized spacial score (nSPS) is 11.4. The molecule has 6 aromatic rings. The third kappa shape index (κ3) is 6.97. The predicted octanol–water partition coefficient (Wildman–Crippen LogP) is 7.42. The summed E-state index contributed by atoms with van der Waals surface area (Å²) in [7, 11) is -1.26. The third-order valence-corrected chi connectivity index (χ3v) is 12.0. The van der Waals surface area contributed by atoms with Gasteiger partial charge in [-0.25, -0.2) is 0 Å². The van der Waals surface area contributed by atoms with E-state index < -0.39 is 15.8 Å². The fourth-order valence-corrected chi connectivity index (χ4v) is 9.64. The van der Waals surface area contributed by atoms with Crippen molar-refractivity contribution >= 4 is 54.3 Å². The lowest BCUT2D eigenvalue weighted by atomic mass is 10.2. The van der Waals surface area contributed by atoms with E-state index in [0.717, 1.165) is 23.2 Å². The Morgan fingerprint density at radius 3 is 1.52 bits per heavy atom. The highest BCUT2D eigenvalue weighted by Crippen LogP contribution is 2.38. The van der Waals surface area contributed by atoms with Crippen LogP contribution in [0.4, 0.5) is 5.69 Å². The van der Waals surface area contributed by atoms with Crippen LogP contribution >= 0.6 is 15.8 Å². The van der Waals surface area contributed by atoms with E-state index in [9.17, 15) is 0 Å². The van der Waals surface area contributed by atoms with Crippen LogP contribution in [-0.2, 0) is 12.6 Å². The average molecular weight is 579 g/mol. The maximum atomic E-state index is 5.08. The van der Waals surface area contributed by atoms with Crippen LogP contribution in [0.2, 0.25) is 0 Å². The Morgan fingerprint density at radius 2 is 0.952 bits per heavy atom. The highest BCUT2D eigenvalue weighted by molar-refractivity contribution is 7.80. The van der Waals surface area contributed by atoms with Gasteiger partial charge in [0.15, 0.2) is 0 Å². The zero-order valence-electron chi connectivity index (χ0n) is 23.4. The zero-order chi connectivity index (χ0) is 28.4. The number of hydrogen-bond acceptors (Lipinski definition) is 2. The molecular formula is C38H32N2P2. The summed E-state index contributed by atoms with van der Waals surface area (Å²) >= 11 is 0. The van der Waals surface area contributed by atoms with Gasteiger partial charge >= 0.3 is 0 Å². The summed E-state index contributed by atoms with van der Waals surface area (Å²) in [4.78, 5) is 10.1. The Labute approximate surface area is 251 Å². The highest BCUT2D eigenvalue weighted by Gasteiger charge is 2.19. The van der Waals surface area contributed by atoms with Crippen LogP contribution in [0.1, 0.15) is 11.4 Å². The second kappa shape index (κ2) is 14.1. The first-order valence-electron chi connectivity index (χ1n) is 14.2. The van der Waals surface area contributed by atoms with Crippen LogP contribution in [0.3, 0.4) is 0 Å². The lowest BCUT2D eigenvalue weighted by Crippen LogP contribution is -2.20. The van der Waals surface area contributed by atoms with Crippen molar-refractivity contribution in [3.63, 3.8) is 0 Å². The van der Waals surface area contributed by atoms with Gasteiger partial charge in [0.1, 0.15) is 0 Å². The molecule has 1 heterocycles. The van der Waals surface area contributed by atoms with E-state index in [2.05, 4.69) is 164 Å². The first-order valence-corrected chi connectivity index (χ1v) is 17.1. The molecule has 0 radical (unpaired) electrons. The van der Waals surface area contributed by atoms with Gasteiger partial charge in [-0.1, -0.05) is 146 Å². The summed E-state index contributed by atoms with van der Waals surface area (Å²) in [6, 6.07) is 58.2. The summed E-state index contributed by atoms with van der Waals surface area (Å²) in [5.74, 6) is 0. The van der Waals surface area contributed by atoms with E-state index >= 15 is 0 Å². The minimum Gasteiger partial charge on any atom is -0.260 e. The lowest BCUT2D eigenvalue weighted by molar-refractivity contribution is 1.07. The summed E-state index contributed by atoms with van der Waals surface area (Å²) in [6.45, 7) is 0. The van der Waals surface area contributed by atoms with Crippen LogP contribution in [0.25, 0.3) is 0 Å². The third-order valence-electron chi connectivity index (χ3n) is 7.00. The topological polar surface area (TPSA) is 25.2 Å². The summed E-state index contributed by atoms with van der Waals surface area (Å²) in [6.07, 6.45) is 3.62. The molecule has 2 nitrogen and oxygen atoms in total. The number of rotatable bonds is 10. The zero-order valence-corrected chi connectivity index (χ0v) is 25.2. The molecule has 4 heteroatoms. The quantitative estimate of drug-likeness (QED) is 0.123. The molecule has 0 N–H and O–H groups in total. The number of aliphatic imine (C=N–C) groups is 1. The Hall–Kier alpha value is -4.22. The van der Waals surface area contributed by atoms with Crippen molar-refractivity contribution in [2.24, 2.45) is 4.99 Å². The van der Waals surface area contributed by atoms with Crippen molar-refractivity contribution in [2.75, 3.05) is 0 Å². The molecule has 6 rings (SSSR count). The molecule has 0 aliphatic heterocycles. The van der Waals surface area contributed by atoms with Gasteiger partial charge in [0.25, 0.3) is 0 Å². The van der Waals surface area contributed by atoms with Crippen molar-refractivity contribution in [2.45, 2.75) is 12.6 Å². The molecule has 0 fully saturated rings. The van der Waals surface area contributed by atoms with E-state index in [0.29, 0.717) is 6.42 Å². The number of benzene rings is 5. The van der Waals surface area contributed by atoms with E-state index in [1.807, 2.05) is 6.21 Å². The molecule has 0 spiro atoms. The molecular weight excluding hydrogens is 546 g/mol. The number of nitrogens with zero attached hydrogens (tertiary/aromatic N) is 2. The average Bonchev–Trinajstić information content (AvgIpc) is 3.06. The van der Waals surface area contributed by atoms with Gasteiger partial charge in [-0.3, -0.25) is 9.98 Å². The maximum absolute atomic E-state index is 5.08. The summed E-state index contributed by atoms with van der Waals surface area (Å²) in [5.41, 5.74) is 3.18. The predicted molar refractivity (Wildman–Crippen MR) is 184 cm³/mol. The Bertz CT molecular complexity index is 1640. The number of hydrogen-bond donors (Lipinski definition) is 0. The fourth-order valence-electron chi connectivity index (χ4n) is 5.02. The molecule has 1 aromatic heterocycles. The lowest BCUT2D eigenvalue weighted by Gasteiger charge is -2.20. The molecule has 0 aliphatic rings. The molecule has 5 aromatic carbocycles. The van der Waals surface area contributed by atoms with Gasteiger partial charge in [0.05, 0.1) is 5.69 Å².